The normalized spacial score (nSPS) is 12.1. The van der Waals surface area contributed by atoms with E-state index in [0.29, 0.717) is 0 Å². The van der Waals surface area contributed by atoms with Gasteiger partial charge in [-0.05, 0) is 23.7 Å². The fourth-order valence-corrected chi connectivity index (χ4v) is 2.31. The second-order valence-corrected chi connectivity index (χ2v) is 4.68. The highest BCUT2D eigenvalue weighted by Gasteiger charge is 2.33. The van der Waals surface area contributed by atoms with Crippen molar-refractivity contribution in [3.05, 3.63) is 32.6 Å². The van der Waals surface area contributed by atoms with Crippen molar-refractivity contribution < 1.29 is 13.2 Å². The van der Waals surface area contributed by atoms with Crippen LogP contribution in [0.25, 0.3) is 10.9 Å². The van der Waals surface area contributed by atoms with Crippen LogP contribution in [0, 0.1) is 0 Å². The minimum atomic E-state index is -4.48. The van der Waals surface area contributed by atoms with Crippen molar-refractivity contribution in [2.45, 2.75) is 6.18 Å². The first kappa shape index (κ1) is 12.9. The summed E-state index contributed by atoms with van der Waals surface area (Å²) in [6, 6.07) is 2.09. The van der Waals surface area contributed by atoms with Gasteiger partial charge in [-0.25, -0.2) is 9.97 Å². The minimum Gasteiger partial charge on any atom is -0.218 e. The van der Waals surface area contributed by atoms with E-state index in [1.807, 2.05) is 0 Å². The SMILES string of the molecule is FC(F)(F)c1cc2c(Cl)nc(Cl)nc2cc1Br. The highest BCUT2D eigenvalue weighted by Crippen LogP contribution is 2.38. The number of nitrogens with zero attached hydrogens (tertiary/aromatic N) is 2. The molecule has 1 aromatic heterocycles. The van der Waals surface area contributed by atoms with Crippen molar-refractivity contribution in [1.29, 1.82) is 0 Å². The third kappa shape index (κ3) is 2.48. The standard InChI is InChI=1S/C9H2BrCl2F3N2/c10-5-2-6-3(1-4(5)9(13,14)15)7(11)17-8(12)16-6/h1-2H. The van der Waals surface area contributed by atoms with E-state index < -0.39 is 11.7 Å². The maximum Gasteiger partial charge on any atom is 0.417 e. The molecule has 0 aliphatic rings. The lowest BCUT2D eigenvalue weighted by atomic mass is 10.1. The molecule has 0 spiro atoms. The summed E-state index contributed by atoms with van der Waals surface area (Å²) >= 11 is 14.1. The van der Waals surface area contributed by atoms with Gasteiger partial charge in [-0.1, -0.05) is 27.5 Å². The highest BCUT2D eigenvalue weighted by molar-refractivity contribution is 9.10. The zero-order valence-electron chi connectivity index (χ0n) is 7.82. The van der Waals surface area contributed by atoms with E-state index >= 15 is 0 Å². The molecule has 0 unspecified atom stereocenters. The van der Waals surface area contributed by atoms with Gasteiger partial charge in [0, 0.05) is 9.86 Å². The number of benzene rings is 1. The van der Waals surface area contributed by atoms with Crippen molar-refractivity contribution in [2.75, 3.05) is 0 Å². The second kappa shape index (κ2) is 4.26. The maximum atomic E-state index is 12.6. The van der Waals surface area contributed by atoms with E-state index in [2.05, 4.69) is 25.9 Å². The van der Waals surface area contributed by atoms with Crippen molar-refractivity contribution >= 4 is 50.0 Å². The summed E-state index contributed by atoms with van der Waals surface area (Å²) in [4.78, 5) is 7.38. The van der Waals surface area contributed by atoms with Crippen LogP contribution in [0.2, 0.25) is 10.4 Å². The number of hydrogen-bond donors (Lipinski definition) is 0. The van der Waals surface area contributed by atoms with E-state index in [0.717, 1.165) is 6.07 Å². The molecule has 8 heteroatoms. The molecule has 2 rings (SSSR count). The Morgan fingerprint density at radius 3 is 2.35 bits per heavy atom. The first-order valence-electron chi connectivity index (χ1n) is 4.18. The molecule has 1 heterocycles. The van der Waals surface area contributed by atoms with E-state index in [-0.39, 0.29) is 25.8 Å². The van der Waals surface area contributed by atoms with Crippen molar-refractivity contribution in [3.8, 4) is 0 Å². The Balaban J connectivity index is 2.81. The average Bonchev–Trinajstić information content (AvgIpc) is 2.13. The van der Waals surface area contributed by atoms with Crippen LogP contribution in [-0.4, -0.2) is 9.97 Å². The van der Waals surface area contributed by atoms with Crippen molar-refractivity contribution in [3.63, 3.8) is 0 Å². The molecule has 90 valence electrons. The van der Waals surface area contributed by atoms with Crippen LogP contribution in [0.3, 0.4) is 0 Å². The summed E-state index contributed by atoms with van der Waals surface area (Å²) in [5.41, 5.74) is -0.590. The molecule has 0 bridgehead atoms. The molecular weight excluding hydrogens is 344 g/mol. The Labute approximate surface area is 112 Å². The number of aromatic nitrogens is 2. The number of halogens is 6. The van der Waals surface area contributed by atoms with Gasteiger partial charge in [0.15, 0.2) is 0 Å². The average molecular weight is 346 g/mol. The molecule has 0 saturated heterocycles. The third-order valence-electron chi connectivity index (χ3n) is 2.02. The van der Waals surface area contributed by atoms with Gasteiger partial charge in [-0.15, -0.1) is 0 Å². The largest absolute Gasteiger partial charge is 0.417 e. The fraction of sp³-hybridized carbons (Fsp3) is 0.111. The molecule has 0 radical (unpaired) electrons. The number of fused-ring (bicyclic) bond motifs is 1. The van der Waals surface area contributed by atoms with Crippen LogP contribution < -0.4 is 0 Å². The zero-order chi connectivity index (χ0) is 12.8. The Morgan fingerprint density at radius 1 is 1.12 bits per heavy atom. The summed E-state index contributed by atoms with van der Waals surface area (Å²) in [6.45, 7) is 0. The summed E-state index contributed by atoms with van der Waals surface area (Å²) in [6.07, 6.45) is -4.48. The summed E-state index contributed by atoms with van der Waals surface area (Å²) in [5.74, 6) is 0. The van der Waals surface area contributed by atoms with E-state index in [4.69, 9.17) is 23.2 Å². The van der Waals surface area contributed by atoms with E-state index in [1.54, 1.807) is 0 Å². The summed E-state index contributed by atoms with van der Waals surface area (Å²) < 4.78 is 37.8. The van der Waals surface area contributed by atoms with Gasteiger partial charge in [0.25, 0.3) is 0 Å². The Kier molecular flexibility index (Phi) is 3.22. The summed E-state index contributed by atoms with van der Waals surface area (Å²) in [5, 5.41) is -0.126. The van der Waals surface area contributed by atoms with E-state index in [1.165, 1.54) is 6.07 Å². The van der Waals surface area contributed by atoms with Gasteiger partial charge >= 0.3 is 6.18 Å². The maximum absolute atomic E-state index is 12.6. The Morgan fingerprint density at radius 2 is 1.76 bits per heavy atom. The lowest BCUT2D eigenvalue weighted by Crippen LogP contribution is -2.06. The molecule has 2 aromatic rings. The van der Waals surface area contributed by atoms with Gasteiger partial charge in [0.1, 0.15) is 5.15 Å². The molecule has 0 N–H and O–H groups in total. The molecule has 17 heavy (non-hydrogen) atoms. The van der Waals surface area contributed by atoms with Gasteiger partial charge in [-0.3, -0.25) is 0 Å². The molecular formula is C9H2BrCl2F3N2. The smallest absolute Gasteiger partial charge is 0.218 e. The van der Waals surface area contributed by atoms with Crippen LogP contribution >= 0.6 is 39.1 Å². The number of hydrogen-bond acceptors (Lipinski definition) is 2. The lowest BCUT2D eigenvalue weighted by Gasteiger charge is -2.10. The molecule has 0 saturated carbocycles. The van der Waals surface area contributed by atoms with Gasteiger partial charge in [0.2, 0.25) is 5.28 Å². The van der Waals surface area contributed by atoms with Crippen LogP contribution in [0.15, 0.2) is 16.6 Å². The molecule has 2 nitrogen and oxygen atoms in total. The minimum absolute atomic E-state index is 0.103. The Hall–Kier alpha value is -0.590. The second-order valence-electron chi connectivity index (χ2n) is 3.13. The highest BCUT2D eigenvalue weighted by atomic mass is 79.9. The molecule has 0 fully saturated rings. The monoisotopic (exact) mass is 344 g/mol. The number of alkyl halides is 3. The third-order valence-corrected chi connectivity index (χ3v) is 3.13. The predicted octanol–water partition coefficient (Wildman–Crippen LogP) is 4.72. The predicted molar refractivity (Wildman–Crippen MR) is 62.3 cm³/mol. The topological polar surface area (TPSA) is 25.8 Å². The molecule has 0 aliphatic carbocycles. The molecule has 1 aromatic carbocycles. The van der Waals surface area contributed by atoms with Crippen LogP contribution in [0.4, 0.5) is 13.2 Å². The zero-order valence-corrected chi connectivity index (χ0v) is 10.9. The lowest BCUT2D eigenvalue weighted by molar-refractivity contribution is -0.138. The molecule has 0 amide bonds. The molecule has 0 atom stereocenters. The van der Waals surface area contributed by atoms with Crippen LogP contribution in [0.5, 0.6) is 0 Å². The summed E-state index contributed by atoms with van der Waals surface area (Å²) in [7, 11) is 0. The molecule has 0 aliphatic heterocycles. The first-order valence-corrected chi connectivity index (χ1v) is 5.73. The Bertz CT molecular complexity index is 601. The quantitative estimate of drug-likeness (QED) is 0.510. The fourth-order valence-electron chi connectivity index (χ4n) is 1.30. The first-order chi connectivity index (χ1) is 7.79. The van der Waals surface area contributed by atoms with E-state index in [9.17, 15) is 13.2 Å². The van der Waals surface area contributed by atoms with Gasteiger partial charge in [0.05, 0.1) is 11.1 Å². The van der Waals surface area contributed by atoms with Crippen molar-refractivity contribution in [2.24, 2.45) is 0 Å². The number of rotatable bonds is 0. The van der Waals surface area contributed by atoms with Gasteiger partial charge < -0.3 is 0 Å². The van der Waals surface area contributed by atoms with Crippen molar-refractivity contribution in [1.82, 2.24) is 9.97 Å². The van der Waals surface area contributed by atoms with Crippen LogP contribution in [0.1, 0.15) is 5.56 Å². The van der Waals surface area contributed by atoms with Crippen LogP contribution in [-0.2, 0) is 6.18 Å². The van der Waals surface area contributed by atoms with Gasteiger partial charge in [-0.2, -0.15) is 13.2 Å².